The number of nitrogens with zero attached hydrogens (tertiary/aromatic N) is 1. The molecule has 1 heterocycles. The topological polar surface area (TPSA) is 49.4 Å². The van der Waals surface area contributed by atoms with Gasteiger partial charge in [0.05, 0.1) is 0 Å². The van der Waals surface area contributed by atoms with Crippen molar-refractivity contribution in [3.63, 3.8) is 0 Å². The standard InChI is InChI=1S/C12H20N2O2S2/c1-9-8-17-11(6-13-2)12(9)18(15,16)14(3)7-10-4-5-10/h8,10,13H,4-7H2,1-3H3. The second-order valence-electron chi connectivity index (χ2n) is 4.93. The zero-order valence-electron chi connectivity index (χ0n) is 11.1. The largest absolute Gasteiger partial charge is 0.315 e. The van der Waals surface area contributed by atoms with Crippen LogP contribution in [0.3, 0.4) is 0 Å². The molecule has 0 aliphatic heterocycles. The summed E-state index contributed by atoms with van der Waals surface area (Å²) in [5.74, 6) is 0.566. The quantitative estimate of drug-likeness (QED) is 0.868. The van der Waals surface area contributed by atoms with Gasteiger partial charge in [-0.05, 0) is 43.7 Å². The van der Waals surface area contributed by atoms with Crippen LogP contribution < -0.4 is 5.32 Å². The van der Waals surface area contributed by atoms with Gasteiger partial charge in [-0.2, -0.15) is 0 Å². The lowest BCUT2D eigenvalue weighted by atomic mass is 10.3. The Balaban J connectivity index is 2.29. The van der Waals surface area contributed by atoms with Crippen molar-refractivity contribution in [2.45, 2.75) is 31.2 Å². The maximum atomic E-state index is 12.6. The number of rotatable bonds is 6. The molecule has 1 aliphatic carbocycles. The highest BCUT2D eigenvalue weighted by atomic mass is 32.2. The van der Waals surface area contributed by atoms with Crippen molar-refractivity contribution in [1.29, 1.82) is 0 Å². The number of nitrogens with one attached hydrogen (secondary N) is 1. The van der Waals surface area contributed by atoms with E-state index in [1.54, 1.807) is 7.05 Å². The molecule has 0 bridgehead atoms. The number of thiophene rings is 1. The van der Waals surface area contributed by atoms with Gasteiger partial charge in [0.25, 0.3) is 0 Å². The molecular formula is C12H20N2O2S2. The van der Waals surface area contributed by atoms with Crippen molar-refractivity contribution in [3.8, 4) is 0 Å². The van der Waals surface area contributed by atoms with Gasteiger partial charge < -0.3 is 5.32 Å². The first-order valence-corrected chi connectivity index (χ1v) is 8.46. The van der Waals surface area contributed by atoms with E-state index >= 15 is 0 Å². The Morgan fingerprint density at radius 1 is 1.50 bits per heavy atom. The van der Waals surface area contributed by atoms with E-state index in [0.29, 0.717) is 23.9 Å². The van der Waals surface area contributed by atoms with Crippen LogP contribution in [0.1, 0.15) is 23.3 Å². The second-order valence-corrected chi connectivity index (χ2v) is 7.88. The molecule has 1 N–H and O–H groups in total. The van der Waals surface area contributed by atoms with Gasteiger partial charge in [-0.15, -0.1) is 11.3 Å². The number of sulfonamides is 1. The second kappa shape index (κ2) is 5.28. The average molecular weight is 288 g/mol. The van der Waals surface area contributed by atoms with E-state index < -0.39 is 10.0 Å². The Morgan fingerprint density at radius 3 is 2.72 bits per heavy atom. The van der Waals surface area contributed by atoms with Gasteiger partial charge in [0.1, 0.15) is 4.90 Å². The molecule has 18 heavy (non-hydrogen) atoms. The lowest BCUT2D eigenvalue weighted by Crippen LogP contribution is -2.30. The average Bonchev–Trinajstić information content (AvgIpc) is 3.02. The van der Waals surface area contributed by atoms with Crippen molar-refractivity contribution >= 4 is 21.4 Å². The van der Waals surface area contributed by atoms with Crippen LogP contribution in [-0.2, 0) is 16.6 Å². The van der Waals surface area contributed by atoms with Gasteiger partial charge in [-0.25, -0.2) is 12.7 Å². The smallest absolute Gasteiger partial charge is 0.244 e. The minimum atomic E-state index is -3.33. The summed E-state index contributed by atoms with van der Waals surface area (Å²) in [6, 6.07) is 0. The molecular weight excluding hydrogens is 268 g/mol. The summed E-state index contributed by atoms with van der Waals surface area (Å²) < 4.78 is 26.7. The van der Waals surface area contributed by atoms with Crippen LogP contribution >= 0.6 is 11.3 Å². The molecule has 0 aromatic carbocycles. The predicted molar refractivity (Wildman–Crippen MR) is 74.4 cm³/mol. The lowest BCUT2D eigenvalue weighted by Gasteiger charge is -2.18. The van der Waals surface area contributed by atoms with Crippen LogP contribution in [0.2, 0.25) is 0 Å². The molecule has 0 atom stereocenters. The van der Waals surface area contributed by atoms with Crippen LogP contribution in [0, 0.1) is 12.8 Å². The highest BCUT2D eigenvalue weighted by Crippen LogP contribution is 2.33. The first-order chi connectivity index (χ1) is 8.46. The fourth-order valence-corrected chi connectivity index (χ4v) is 5.05. The van der Waals surface area contributed by atoms with E-state index in [0.717, 1.165) is 23.3 Å². The zero-order valence-corrected chi connectivity index (χ0v) is 12.7. The monoisotopic (exact) mass is 288 g/mol. The van der Waals surface area contributed by atoms with E-state index in [4.69, 9.17) is 0 Å². The minimum absolute atomic E-state index is 0.505. The number of aryl methyl sites for hydroxylation is 1. The Labute approximate surface area is 113 Å². The van der Waals surface area contributed by atoms with Crippen LogP contribution in [0.5, 0.6) is 0 Å². The summed E-state index contributed by atoms with van der Waals surface area (Å²) in [5.41, 5.74) is 0.855. The SMILES string of the molecule is CNCc1scc(C)c1S(=O)(=O)N(C)CC1CC1. The van der Waals surface area contributed by atoms with Gasteiger partial charge >= 0.3 is 0 Å². The zero-order chi connectivity index (χ0) is 13.3. The third kappa shape index (κ3) is 2.77. The predicted octanol–water partition coefficient (Wildman–Crippen LogP) is 1.81. The summed E-state index contributed by atoms with van der Waals surface area (Å²) in [6.07, 6.45) is 2.32. The van der Waals surface area contributed by atoms with Crippen LogP contribution in [0.25, 0.3) is 0 Å². The Morgan fingerprint density at radius 2 is 2.17 bits per heavy atom. The van der Waals surface area contributed by atoms with Crippen LogP contribution in [-0.4, -0.2) is 33.4 Å². The van der Waals surface area contributed by atoms with E-state index in [9.17, 15) is 8.42 Å². The molecule has 1 saturated carbocycles. The first-order valence-electron chi connectivity index (χ1n) is 6.14. The summed E-state index contributed by atoms with van der Waals surface area (Å²) in [6.45, 7) is 3.12. The fourth-order valence-electron chi connectivity index (χ4n) is 2.03. The van der Waals surface area contributed by atoms with E-state index in [2.05, 4.69) is 5.32 Å². The van der Waals surface area contributed by atoms with Crippen LogP contribution in [0.4, 0.5) is 0 Å². The van der Waals surface area contributed by atoms with Gasteiger partial charge in [0, 0.05) is 25.0 Å². The molecule has 102 valence electrons. The lowest BCUT2D eigenvalue weighted by molar-refractivity contribution is 0.452. The van der Waals surface area contributed by atoms with Gasteiger partial charge in [0.2, 0.25) is 10.0 Å². The minimum Gasteiger partial charge on any atom is -0.315 e. The molecule has 1 aliphatic rings. The van der Waals surface area contributed by atoms with Crippen LogP contribution in [0.15, 0.2) is 10.3 Å². The molecule has 0 saturated heterocycles. The highest BCUT2D eigenvalue weighted by molar-refractivity contribution is 7.89. The molecule has 0 unspecified atom stereocenters. The van der Waals surface area contributed by atoms with E-state index in [1.165, 1.54) is 15.6 Å². The normalized spacial score (nSPS) is 16.4. The van der Waals surface area contributed by atoms with Gasteiger partial charge in [-0.1, -0.05) is 0 Å². The third-order valence-electron chi connectivity index (χ3n) is 3.21. The maximum absolute atomic E-state index is 12.6. The van der Waals surface area contributed by atoms with Gasteiger partial charge in [-0.3, -0.25) is 0 Å². The molecule has 0 spiro atoms. The maximum Gasteiger partial charge on any atom is 0.244 e. The van der Waals surface area contributed by atoms with Crippen molar-refractivity contribution in [3.05, 3.63) is 15.8 Å². The Kier molecular flexibility index (Phi) is 4.11. The molecule has 0 amide bonds. The fraction of sp³-hybridized carbons (Fsp3) is 0.667. The molecule has 0 radical (unpaired) electrons. The van der Waals surface area contributed by atoms with Gasteiger partial charge in [0.15, 0.2) is 0 Å². The van der Waals surface area contributed by atoms with E-state index in [-0.39, 0.29) is 0 Å². The highest BCUT2D eigenvalue weighted by Gasteiger charge is 2.31. The van der Waals surface area contributed by atoms with Crippen molar-refractivity contribution in [2.75, 3.05) is 20.6 Å². The Hall–Kier alpha value is -0.430. The van der Waals surface area contributed by atoms with Crippen molar-refractivity contribution < 1.29 is 8.42 Å². The molecule has 1 aromatic heterocycles. The summed E-state index contributed by atoms with van der Waals surface area (Å²) in [5, 5.41) is 4.95. The molecule has 2 rings (SSSR count). The van der Waals surface area contributed by atoms with E-state index in [1.807, 2.05) is 19.4 Å². The molecule has 1 fully saturated rings. The summed E-state index contributed by atoms with van der Waals surface area (Å²) in [7, 11) is 0.191. The third-order valence-corrected chi connectivity index (χ3v) is 6.49. The van der Waals surface area contributed by atoms with Crippen molar-refractivity contribution in [1.82, 2.24) is 9.62 Å². The van der Waals surface area contributed by atoms with Crippen molar-refractivity contribution in [2.24, 2.45) is 5.92 Å². The molecule has 4 nitrogen and oxygen atoms in total. The Bertz CT molecular complexity index is 518. The number of hydrogen-bond donors (Lipinski definition) is 1. The summed E-state index contributed by atoms with van der Waals surface area (Å²) in [4.78, 5) is 1.41. The summed E-state index contributed by atoms with van der Waals surface area (Å²) >= 11 is 1.51. The first kappa shape index (κ1) is 14.0. The molecule has 6 heteroatoms. The molecule has 1 aromatic rings. The number of hydrogen-bond acceptors (Lipinski definition) is 4.